The maximum absolute atomic E-state index is 10.9. The first kappa shape index (κ1) is 14.6. The molecule has 2 rings (SSSR count). The summed E-state index contributed by atoms with van der Waals surface area (Å²) in [6.07, 6.45) is 0. The Labute approximate surface area is 124 Å². The lowest BCUT2D eigenvalue weighted by Crippen LogP contribution is -1.94. The van der Waals surface area contributed by atoms with Gasteiger partial charge in [0.25, 0.3) is 0 Å². The van der Waals surface area contributed by atoms with Gasteiger partial charge in [-0.1, -0.05) is 29.3 Å². The topological polar surface area (TPSA) is 72.6 Å². The second-order valence-electron chi connectivity index (χ2n) is 3.88. The molecule has 0 fully saturated rings. The molecular weight excluding hydrogens is 305 g/mol. The summed E-state index contributed by atoms with van der Waals surface area (Å²) in [6, 6.07) is 8.74. The molecule has 1 N–H and O–H groups in total. The fourth-order valence-corrected chi connectivity index (χ4v) is 1.96. The Bertz CT molecular complexity index is 661. The first-order chi connectivity index (χ1) is 9.51. The number of rotatable bonds is 4. The van der Waals surface area contributed by atoms with Crippen LogP contribution >= 0.6 is 23.2 Å². The number of aliphatic hydroxyl groups is 1. The molecule has 0 saturated carbocycles. The summed E-state index contributed by atoms with van der Waals surface area (Å²) in [5.41, 5.74) is 0.310. The molecule has 0 amide bonds. The molecule has 5 nitrogen and oxygen atoms in total. The summed E-state index contributed by atoms with van der Waals surface area (Å²) >= 11 is 11.6. The van der Waals surface area contributed by atoms with E-state index >= 15 is 0 Å². The third kappa shape index (κ3) is 3.19. The molecule has 0 atom stereocenters. The molecule has 0 aromatic heterocycles. The van der Waals surface area contributed by atoms with Crippen LogP contribution in [-0.4, -0.2) is 10.0 Å². The van der Waals surface area contributed by atoms with E-state index in [1.807, 2.05) is 0 Å². The highest BCUT2D eigenvalue weighted by Crippen LogP contribution is 2.34. The normalized spacial score (nSPS) is 10.3. The maximum Gasteiger partial charge on any atom is 0.313 e. The second-order valence-corrected chi connectivity index (χ2v) is 4.73. The predicted molar refractivity (Wildman–Crippen MR) is 75.6 cm³/mol. The van der Waals surface area contributed by atoms with Crippen molar-refractivity contribution in [3.05, 3.63) is 62.1 Å². The Hall–Kier alpha value is -1.82. The van der Waals surface area contributed by atoms with Crippen LogP contribution in [-0.2, 0) is 6.61 Å². The minimum atomic E-state index is -0.578. The number of nitro groups is 1. The molecule has 0 aliphatic carbocycles. The van der Waals surface area contributed by atoms with Gasteiger partial charge in [0.15, 0.2) is 0 Å². The van der Waals surface area contributed by atoms with Gasteiger partial charge >= 0.3 is 5.69 Å². The number of nitrogens with zero attached hydrogens (tertiary/aromatic N) is 1. The van der Waals surface area contributed by atoms with Gasteiger partial charge in [-0.05, 0) is 29.8 Å². The predicted octanol–water partition coefficient (Wildman–Crippen LogP) is 4.19. The molecule has 2 aromatic carbocycles. The smallest absolute Gasteiger partial charge is 0.313 e. The van der Waals surface area contributed by atoms with Gasteiger partial charge in [0.2, 0.25) is 5.75 Å². The fourth-order valence-electron chi connectivity index (χ4n) is 1.57. The number of benzene rings is 2. The van der Waals surface area contributed by atoms with Crippen LogP contribution in [0.15, 0.2) is 36.4 Å². The average molecular weight is 314 g/mol. The van der Waals surface area contributed by atoms with Gasteiger partial charge in [-0.15, -0.1) is 0 Å². The number of halogens is 2. The van der Waals surface area contributed by atoms with E-state index in [1.165, 1.54) is 24.3 Å². The van der Waals surface area contributed by atoms with Crippen LogP contribution in [0.1, 0.15) is 5.56 Å². The molecule has 0 unspecified atom stereocenters. The van der Waals surface area contributed by atoms with Crippen molar-refractivity contribution in [1.29, 1.82) is 0 Å². The van der Waals surface area contributed by atoms with Gasteiger partial charge in [-0.2, -0.15) is 0 Å². The van der Waals surface area contributed by atoms with Gasteiger partial charge in [0, 0.05) is 16.1 Å². The third-order valence-corrected chi connectivity index (χ3v) is 3.13. The molecule has 2 aromatic rings. The first-order valence-electron chi connectivity index (χ1n) is 5.52. The molecule has 7 heteroatoms. The Balaban J connectivity index is 2.35. The average Bonchev–Trinajstić information content (AvgIpc) is 2.41. The molecule has 0 bridgehead atoms. The number of aliphatic hydroxyl groups excluding tert-OH is 1. The van der Waals surface area contributed by atoms with E-state index in [0.29, 0.717) is 16.3 Å². The molecule has 0 saturated heterocycles. The van der Waals surface area contributed by atoms with Gasteiger partial charge < -0.3 is 9.84 Å². The zero-order chi connectivity index (χ0) is 14.7. The first-order valence-corrected chi connectivity index (χ1v) is 6.28. The van der Waals surface area contributed by atoms with E-state index in [2.05, 4.69) is 0 Å². The van der Waals surface area contributed by atoms with Gasteiger partial charge in [-0.3, -0.25) is 10.1 Å². The van der Waals surface area contributed by atoms with Crippen molar-refractivity contribution in [3.8, 4) is 11.5 Å². The molecule has 0 aliphatic rings. The summed E-state index contributed by atoms with van der Waals surface area (Å²) in [4.78, 5) is 10.4. The fraction of sp³-hybridized carbons (Fsp3) is 0.0769. The van der Waals surface area contributed by atoms with Crippen molar-refractivity contribution >= 4 is 28.9 Å². The van der Waals surface area contributed by atoms with E-state index in [9.17, 15) is 10.1 Å². The highest BCUT2D eigenvalue weighted by Gasteiger charge is 2.16. The number of hydrogen-bond acceptors (Lipinski definition) is 4. The van der Waals surface area contributed by atoms with Crippen LogP contribution in [0.2, 0.25) is 10.0 Å². The lowest BCUT2D eigenvalue weighted by Gasteiger charge is -2.08. The summed E-state index contributed by atoms with van der Waals surface area (Å²) < 4.78 is 5.44. The number of nitro benzene ring substituents is 1. The van der Waals surface area contributed by atoms with Crippen molar-refractivity contribution in [3.63, 3.8) is 0 Å². The van der Waals surface area contributed by atoms with Crippen molar-refractivity contribution in [2.45, 2.75) is 6.61 Å². The molecule has 0 spiro atoms. The molecule has 0 heterocycles. The summed E-state index contributed by atoms with van der Waals surface area (Å²) in [5, 5.41) is 20.5. The monoisotopic (exact) mass is 313 g/mol. The zero-order valence-corrected chi connectivity index (χ0v) is 11.6. The maximum atomic E-state index is 10.9. The van der Waals surface area contributed by atoms with Crippen LogP contribution in [0.5, 0.6) is 11.5 Å². The van der Waals surface area contributed by atoms with Crippen molar-refractivity contribution in [1.82, 2.24) is 0 Å². The molecule has 104 valence electrons. The van der Waals surface area contributed by atoms with Crippen LogP contribution < -0.4 is 4.74 Å². The largest absolute Gasteiger partial charge is 0.450 e. The Morgan fingerprint density at radius 2 is 1.95 bits per heavy atom. The van der Waals surface area contributed by atoms with Crippen molar-refractivity contribution < 1.29 is 14.8 Å². The van der Waals surface area contributed by atoms with Crippen molar-refractivity contribution in [2.75, 3.05) is 0 Å². The quantitative estimate of drug-likeness (QED) is 0.678. The van der Waals surface area contributed by atoms with Gasteiger partial charge in [-0.25, -0.2) is 0 Å². The highest BCUT2D eigenvalue weighted by atomic mass is 35.5. The van der Waals surface area contributed by atoms with Gasteiger partial charge in [0.1, 0.15) is 5.75 Å². The molecular formula is C13H9Cl2NO4. The van der Waals surface area contributed by atoms with E-state index in [0.717, 1.165) is 0 Å². The van der Waals surface area contributed by atoms with E-state index in [-0.39, 0.29) is 23.1 Å². The number of ether oxygens (including phenoxy) is 1. The zero-order valence-electron chi connectivity index (χ0n) is 10.0. The van der Waals surface area contributed by atoms with E-state index in [4.69, 9.17) is 33.0 Å². The molecule has 0 radical (unpaired) electrons. The van der Waals surface area contributed by atoms with Crippen LogP contribution in [0.4, 0.5) is 5.69 Å². The van der Waals surface area contributed by atoms with E-state index in [1.54, 1.807) is 12.1 Å². The lowest BCUT2D eigenvalue weighted by molar-refractivity contribution is -0.385. The summed E-state index contributed by atoms with van der Waals surface area (Å²) in [7, 11) is 0. The minimum Gasteiger partial charge on any atom is -0.450 e. The Kier molecular flexibility index (Phi) is 4.44. The number of hydrogen-bond donors (Lipinski definition) is 1. The van der Waals surface area contributed by atoms with Crippen LogP contribution in [0, 0.1) is 10.1 Å². The molecule has 20 heavy (non-hydrogen) atoms. The second kappa shape index (κ2) is 6.09. The van der Waals surface area contributed by atoms with Crippen LogP contribution in [0.25, 0.3) is 0 Å². The lowest BCUT2D eigenvalue weighted by atomic mass is 10.2. The standard InChI is InChI=1S/C13H9Cl2NO4/c14-9-2-4-13(12(5-9)16(18)19)20-10-3-1-8(7-17)11(15)6-10/h1-6,17H,7H2. The summed E-state index contributed by atoms with van der Waals surface area (Å²) in [6.45, 7) is -0.194. The third-order valence-electron chi connectivity index (χ3n) is 2.54. The van der Waals surface area contributed by atoms with Crippen molar-refractivity contribution in [2.24, 2.45) is 0 Å². The van der Waals surface area contributed by atoms with Gasteiger partial charge in [0.05, 0.1) is 11.5 Å². The minimum absolute atomic E-state index is 0.0622. The Morgan fingerprint density at radius 1 is 1.20 bits per heavy atom. The molecule has 0 aliphatic heterocycles. The van der Waals surface area contributed by atoms with E-state index < -0.39 is 4.92 Å². The summed E-state index contributed by atoms with van der Waals surface area (Å²) in [5.74, 6) is 0.393. The Morgan fingerprint density at radius 3 is 2.55 bits per heavy atom. The SMILES string of the molecule is O=[N+]([O-])c1cc(Cl)ccc1Oc1ccc(CO)c(Cl)c1. The van der Waals surface area contributed by atoms with Crippen LogP contribution in [0.3, 0.4) is 0 Å². The highest BCUT2D eigenvalue weighted by molar-refractivity contribution is 6.31.